The lowest BCUT2D eigenvalue weighted by Crippen LogP contribution is -2.44. The third-order valence-electron chi connectivity index (χ3n) is 3.53. The SMILES string of the molecule is Cc1nc([N+](=O)[O-])cn1CCC(=O)NC(CCO)C(C)(C)C. The third-order valence-corrected chi connectivity index (χ3v) is 3.53. The van der Waals surface area contributed by atoms with Crippen LogP contribution < -0.4 is 5.32 Å². The normalized spacial score (nSPS) is 13.0. The molecule has 0 fully saturated rings. The Morgan fingerprint density at radius 3 is 2.64 bits per heavy atom. The van der Waals surface area contributed by atoms with Crippen molar-refractivity contribution in [2.24, 2.45) is 5.41 Å². The first-order chi connectivity index (χ1) is 10.1. The van der Waals surface area contributed by atoms with Crippen molar-refractivity contribution in [1.29, 1.82) is 0 Å². The first-order valence-corrected chi connectivity index (χ1v) is 7.23. The zero-order valence-corrected chi connectivity index (χ0v) is 13.5. The van der Waals surface area contributed by atoms with E-state index in [1.165, 1.54) is 6.20 Å². The van der Waals surface area contributed by atoms with E-state index in [0.717, 1.165) is 0 Å². The molecule has 0 bridgehead atoms. The lowest BCUT2D eigenvalue weighted by atomic mass is 9.85. The van der Waals surface area contributed by atoms with E-state index in [2.05, 4.69) is 10.3 Å². The summed E-state index contributed by atoms with van der Waals surface area (Å²) in [6.07, 6.45) is 2.02. The molecule has 22 heavy (non-hydrogen) atoms. The molecule has 8 nitrogen and oxygen atoms in total. The second-order valence-electron chi connectivity index (χ2n) is 6.35. The molecule has 0 aliphatic heterocycles. The lowest BCUT2D eigenvalue weighted by molar-refractivity contribution is -0.389. The Balaban J connectivity index is 2.60. The minimum Gasteiger partial charge on any atom is -0.396 e. The molecular weight excluding hydrogens is 288 g/mol. The van der Waals surface area contributed by atoms with Gasteiger partial charge in [-0.2, -0.15) is 0 Å². The predicted octanol–water partition coefficient (Wildman–Crippen LogP) is 1.40. The molecule has 1 aromatic heterocycles. The van der Waals surface area contributed by atoms with Gasteiger partial charge in [0, 0.05) is 32.5 Å². The predicted molar refractivity (Wildman–Crippen MR) is 81.3 cm³/mol. The van der Waals surface area contributed by atoms with Gasteiger partial charge in [-0.1, -0.05) is 20.8 Å². The third kappa shape index (κ3) is 5.10. The number of nitrogens with zero attached hydrogens (tertiary/aromatic N) is 3. The zero-order chi connectivity index (χ0) is 16.9. The summed E-state index contributed by atoms with van der Waals surface area (Å²) in [5, 5.41) is 22.7. The summed E-state index contributed by atoms with van der Waals surface area (Å²) in [6.45, 7) is 7.99. The van der Waals surface area contributed by atoms with E-state index in [-0.39, 0.29) is 36.2 Å². The van der Waals surface area contributed by atoms with E-state index in [9.17, 15) is 14.9 Å². The monoisotopic (exact) mass is 312 g/mol. The summed E-state index contributed by atoms with van der Waals surface area (Å²) >= 11 is 0. The van der Waals surface area contributed by atoms with E-state index in [1.54, 1.807) is 11.5 Å². The molecule has 124 valence electrons. The number of aliphatic hydroxyl groups is 1. The molecule has 8 heteroatoms. The first kappa shape index (κ1) is 18.1. The molecule has 1 atom stereocenters. The van der Waals surface area contributed by atoms with Gasteiger partial charge in [-0.25, -0.2) is 0 Å². The number of carbonyl (C=O) groups excluding carboxylic acids is 1. The molecule has 1 rings (SSSR count). The lowest BCUT2D eigenvalue weighted by Gasteiger charge is -2.31. The van der Waals surface area contributed by atoms with Gasteiger partial charge < -0.3 is 25.1 Å². The Morgan fingerprint density at radius 1 is 1.55 bits per heavy atom. The van der Waals surface area contributed by atoms with Gasteiger partial charge in [-0.15, -0.1) is 0 Å². The van der Waals surface area contributed by atoms with Gasteiger partial charge in [-0.3, -0.25) is 4.79 Å². The van der Waals surface area contributed by atoms with Crippen molar-refractivity contribution in [3.63, 3.8) is 0 Å². The average Bonchev–Trinajstić information content (AvgIpc) is 2.76. The molecule has 1 unspecified atom stereocenters. The van der Waals surface area contributed by atoms with E-state index in [4.69, 9.17) is 5.11 Å². The number of aromatic nitrogens is 2. The molecule has 0 saturated heterocycles. The van der Waals surface area contributed by atoms with Gasteiger partial charge in [-0.05, 0) is 21.7 Å². The molecule has 0 aliphatic rings. The molecular formula is C14H24N4O4. The molecule has 0 spiro atoms. The number of carbonyl (C=O) groups is 1. The number of hydrogen-bond donors (Lipinski definition) is 2. The summed E-state index contributed by atoms with van der Waals surface area (Å²) in [7, 11) is 0. The number of hydrogen-bond acceptors (Lipinski definition) is 5. The van der Waals surface area contributed by atoms with Crippen molar-refractivity contribution < 1.29 is 14.8 Å². The highest BCUT2D eigenvalue weighted by molar-refractivity contribution is 5.76. The van der Waals surface area contributed by atoms with Crippen molar-refractivity contribution in [2.45, 2.75) is 53.1 Å². The number of aryl methyl sites for hydroxylation is 2. The van der Waals surface area contributed by atoms with Crippen LogP contribution in [0.1, 0.15) is 39.4 Å². The van der Waals surface area contributed by atoms with Crippen molar-refractivity contribution in [3.05, 3.63) is 22.1 Å². The number of imidazole rings is 1. The Labute approximate surface area is 129 Å². The Kier molecular flexibility index (Phi) is 6.04. The molecule has 1 aromatic rings. The molecule has 0 saturated carbocycles. The van der Waals surface area contributed by atoms with Gasteiger partial charge in [0.05, 0.1) is 0 Å². The van der Waals surface area contributed by atoms with Crippen LogP contribution in [-0.2, 0) is 11.3 Å². The average molecular weight is 312 g/mol. The van der Waals surface area contributed by atoms with Crippen molar-refractivity contribution >= 4 is 11.7 Å². The Morgan fingerprint density at radius 2 is 2.18 bits per heavy atom. The molecule has 0 radical (unpaired) electrons. The van der Waals surface area contributed by atoms with Crippen LogP contribution in [0, 0.1) is 22.5 Å². The van der Waals surface area contributed by atoms with E-state index in [1.807, 2.05) is 20.8 Å². The van der Waals surface area contributed by atoms with Gasteiger partial charge in [0.25, 0.3) is 0 Å². The highest BCUT2D eigenvalue weighted by Gasteiger charge is 2.25. The van der Waals surface area contributed by atoms with Crippen LogP contribution in [0.2, 0.25) is 0 Å². The maximum atomic E-state index is 12.0. The Hall–Kier alpha value is -1.96. The topological polar surface area (TPSA) is 110 Å². The number of aliphatic hydroxyl groups excluding tert-OH is 1. The van der Waals surface area contributed by atoms with Crippen LogP contribution in [0.15, 0.2) is 6.20 Å². The fourth-order valence-electron chi connectivity index (χ4n) is 2.15. The van der Waals surface area contributed by atoms with Crippen LogP contribution >= 0.6 is 0 Å². The van der Waals surface area contributed by atoms with E-state index >= 15 is 0 Å². The minimum absolute atomic E-state index is 0.00897. The summed E-state index contributed by atoms with van der Waals surface area (Å²) < 4.78 is 1.59. The number of nitro groups is 1. The first-order valence-electron chi connectivity index (χ1n) is 7.23. The number of nitrogens with one attached hydrogen (secondary N) is 1. The van der Waals surface area contributed by atoms with Gasteiger partial charge >= 0.3 is 5.82 Å². The maximum Gasteiger partial charge on any atom is 0.381 e. The number of rotatable bonds is 7. The highest BCUT2D eigenvalue weighted by Crippen LogP contribution is 2.21. The van der Waals surface area contributed by atoms with Crippen LogP contribution in [-0.4, -0.2) is 38.1 Å². The van der Waals surface area contributed by atoms with Crippen LogP contribution in [0.4, 0.5) is 5.82 Å². The Bertz CT molecular complexity index is 533. The minimum atomic E-state index is -0.555. The molecule has 2 N–H and O–H groups in total. The quantitative estimate of drug-likeness (QED) is 0.584. The van der Waals surface area contributed by atoms with E-state index in [0.29, 0.717) is 18.8 Å². The molecule has 1 heterocycles. The molecule has 1 amide bonds. The van der Waals surface area contributed by atoms with Gasteiger partial charge in [0.1, 0.15) is 6.20 Å². The second-order valence-corrected chi connectivity index (χ2v) is 6.35. The summed E-state index contributed by atoms with van der Waals surface area (Å²) in [5.74, 6) is 0.136. The van der Waals surface area contributed by atoms with Gasteiger partial charge in [0.2, 0.25) is 11.7 Å². The smallest absolute Gasteiger partial charge is 0.381 e. The fraction of sp³-hybridized carbons (Fsp3) is 0.714. The summed E-state index contributed by atoms with van der Waals surface area (Å²) in [5.41, 5.74) is -0.151. The van der Waals surface area contributed by atoms with Crippen molar-refractivity contribution in [2.75, 3.05) is 6.61 Å². The fourth-order valence-corrected chi connectivity index (χ4v) is 2.15. The van der Waals surface area contributed by atoms with Crippen molar-refractivity contribution in [1.82, 2.24) is 14.9 Å². The van der Waals surface area contributed by atoms with Crippen molar-refractivity contribution in [3.8, 4) is 0 Å². The standard InChI is InChI=1S/C14H24N4O4/c1-10-15-12(18(21)22)9-17(10)7-5-13(20)16-11(6-8-19)14(2,3)4/h9,11,19H,5-8H2,1-4H3,(H,16,20). The zero-order valence-electron chi connectivity index (χ0n) is 13.5. The maximum absolute atomic E-state index is 12.0. The molecule has 0 aliphatic carbocycles. The number of amides is 1. The van der Waals surface area contributed by atoms with Gasteiger partial charge in [0.15, 0.2) is 0 Å². The largest absolute Gasteiger partial charge is 0.396 e. The van der Waals surface area contributed by atoms with Crippen LogP contribution in [0.5, 0.6) is 0 Å². The summed E-state index contributed by atoms with van der Waals surface area (Å²) in [6, 6.07) is -0.122. The second kappa shape index (κ2) is 7.35. The van der Waals surface area contributed by atoms with E-state index < -0.39 is 4.92 Å². The van der Waals surface area contributed by atoms with Crippen LogP contribution in [0.25, 0.3) is 0 Å². The summed E-state index contributed by atoms with van der Waals surface area (Å²) in [4.78, 5) is 26.0. The van der Waals surface area contributed by atoms with Crippen LogP contribution in [0.3, 0.4) is 0 Å². The molecule has 0 aromatic carbocycles. The highest BCUT2D eigenvalue weighted by atomic mass is 16.6.